The highest BCUT2D eigenvalue weighted by Gasteiger charge is 2.27. The van der Waals surface area contributed by atoms with Crippen LogP contribution in [0.5, 0.6) is 0 Å². The lowest BCUT2D eigenvalue weighted by molar-refractivity contribution is -0.132. The van der Waals surface area contributed by atoms with Gasteiger partial charge >= 0.3 is 6.18 Å². The van der Waals surface area contributed by atoms with Crippen molar-refractivity contribution >= 4 is 5.69 Å². The van der Waals surface area contributed by atoms with Crippen molar-refractivity contribution in [2.24, 2.45) is 0 Å². The van der Waals surface area contributed by atoms with Crippen molar-refractivity contribution in [3.63, 3.8) is 0 Å². The molecule has 6 heteroatoms. The zero-order valence-electron chi connectivity index (χ0n) is 12.2. The van der Waals surface area contributed by atoms with Crippen LogP contribution < -0.4 is 10.2 Å². The van der Waals surface area contributed by atoms with Gasteiger partial charge in [-0.3, -0.25) is 4.98 Å². The van der Waals surface area contributed by atoms with Crippen molar-refractivity contribution < 1.29 is 13.2 Å². The molecule has 0 saturated carbocycles. The molecule has 20 heavy (non-hydrogen) atoms. The maximum Gasteiger partial charge on any atom is 0.390 e. The van der Waals surface area contributed by atoms with Gasteiger partial charge < -0.3 is 10.2 Å². The van der Waals surface area contributed by atoms with Gasteiger partial charge in [0, 0.05) is 19.6 Å². The Labute approximate surface area is 118 Å². The summed E-state index contributed by atoms with van der Waals surface area (Å²) in [6.45, 7) is 4.96. The molecule has 114 valence electrons. The average Bonchev–Trinajstić information content (AvgIpc) is 2.41. The summed E-state index contributed by atoms with van der Waals surface area (Å²) in [7, 11) is 1.64. The molecule has 0 spiro atoms. The van der Waals surface area contributed by atoms with Gasteiger partial charge in [-0.25, -0.2) is 0 Å². The van der Waals surface area contributed by atoms with E-state index in [9.17, 15) is 13.2 Å². The van der Waals surface area contributed by atoms with Crippen LogP contribution >= 0.6 is 0 Å². The molecule has 1 N–H and O–H groups in total. The van der Waals surface area contributed by atoms with E-state index >= 15 is 0 Å². The minimum absolute atomic E-state index is 0.0613. The van der Waals surface area contributed by atoms with Gasteiger partial charge in [0.1, 0.15) is 0 Å². The van der Waals surface area contributed by atoms with Crippen LogP contribution in [-0.4, -0.2) is 31.3 Å². The van der Waals surface area contributed by atoms with Crippen LogP contribution in [0.2, 0.25) is 0 Å². The summed E-state index contributed by atoms with van der Waals surface area (Å²) in [5.74, 6) is 0. The second-order valence-electron chi connectivity index (χ2n) is 4.90. The van der Waals surface area contributed by atoms with Crippen LogP contribution in [0.25, 0.3) is 0 Å². The molecule has 1 unspecified atom stereocenters. The summed E-state index contributed by atoms with van der Waals surface area (Å²) in [5, 5.41) is 3.32. The minimum Gasteiger partial charge on any atom is -0.373 e. The summed E-state index contributed by atoms with van der Waals surface area (Å²) < 4.78 is 36.5. The lowest BCUT2D eigenvalue weighted by Crippen LogP contribution is -2.24. The fraction of sp³-hybridized carbons (Fsp3) is 0.643. The number of hydrogen-bond donors (Lipinski definition) is 1. The second-order valence-corrected chi connectivity index (χ2v) is 4.90. The van der Waals surface area contributed by atoms with E-state index in [1.807, 2.05) is 19.1 Å². The number of halogens is 3. The van der Waals surface area contributed by atoms with E-state index < -0.39 is 12.6 Å². The first kappa shape index (κ1) is 16.8. The molecule has 1 rings (SSSR count). The molecule has 1 atom stereocenters. The fourth-order valence-corrected chi connectivity index (χ4v) is 1.77. The van der Waals surface area contributed by atoms with Crippen LogP contribution in [0, 0.1) is 0 Å². The standard InChI is InChI=1S/C14H22F3N3/c1-4-8-18-11(2)13-6-5-12(10-19-13)20(3)9-7-14(15,16)17/h5-6,10-11,18H,4,7-9H2,1-3H3. The normalized spacial score (nSPS) is 13.3. The number of nitrogens with one attached hydrogen (secondary N) is 1. The largest absolute Gasteiger partial charge is 0.390 e. The fourth-order valence-electron chi connectivity index (χ4n) is 1.77. The Balaban J connectivity index is 2.57. The number of anilines is 1. The zero-order valence-corrected chi connectivity index (χ0v) is 12.2. The first-order valence-electron chi connectivity index (χ1n) is 6.80. The Morgan fingerprint density at radius 3 is 2.55 bits per heavy atom. The van der Waals surface area contributed by atoms with E-state index in [2.05, 4.69) is 17.2 Å². The van der Waals surface area contributed by atoms with Crippen LogP contribution in [-0.2, 0) is 0 Å². The van der Waals surface area contributed by atoms with Gasteiger partial charge in [-0.1, -0.05) is 6.92 Å². The lowest BCUT2D eigenvalue weighted by atomic mass is 10.2. The maximum atomic E-state index is 12.2. The number of aromatic nitrogens is 1. The Morgan fingerprint density at radius 1 is 1.35 bits per heavy atom. The predicted molar refractivity (Wildman–Crippen MR) is 74.9 cm³/mol. The van der Waals surface area contributed by atoms with Crippen LogP contribution in [0.3, 0.4) is 0 Å². The molecule has 0 amide bonds. The quantitative estimate of drug-likeness (QED) is 0.832. The summed E-state index contributed by atoms with van der Waals surface area (Å²) >= 11 is 0. The van der Waals surface area contributed by atoms with E-state index in [-0.39, 0.29) is 12.6 Å². The third kappa shape index (κ3) is 5.77. The molecule has 1 aromatic heterocycles. The molecule has 0 aliphatic rings. The van der Waals surface area contributed by atoms with Gasteiger partial charge in [0.2, 0.25) is 0 Å². The second kappa shape index (κ2) is 7.47. The van der Waals surface area contributed by atoms with Gasteiger partial charge in [-0.2, -0.15) is 13.2 Å². The maximum absolute atomic E-state index is 12.2. The highest BCUT2D eigenvalue weighted by molar-refractivity contribution is 5.43. The van der Waals surface area contributed by atoms with E-state index in [1.165, 1.54) is 0 Å². The molecule has 0 radical (unpaired) electrons. The Bertz CT molecular complexity index is 390. The SMILES string of the molecule is CCCNC(C)c1ccc(N(C)CCC(F)(F)F)cn1. The molecule has 0 aromatic carbocycles. The van der Waals surface area contributed by atoms with Crippen molar-refractivity contribution in [3.8, 4) is 0 Å². The lowest BCUT2D eigenvalue weighted by Gasteiger charge is -2.20. The highest BCUT2D eigenvalue weighted by atomic mass is 19.4. The van der Waals surface area contributed by atoms with Gasteiger partial charge in [0.25, 0.3) is 0 Å². The van der Waals surface area contributed by atoms with E-state index in [0.29, 0.717) is 5.69 Å². The van der Waals surface area contributed by atoms with Gasteiger partial charge in [-0.15, -0.1) is 0 Å². The van der Waals surface area contributed by atoms with Crippen LogP contribution in [0.4, 0.5) is 18.9 Å². The number of rotatable bonds is 7. The number of alkyl halides is 3. The van der Waals surface area contributed by atoms with Gasteiger partial charge in [0.05, 0.1) is 24.0 Å². The van der Waals surface area contributed by atoms with Crippen molar-refractivity contribution in [2.45, 2.75) is 38.9 Å². The molecule has 0 bridgehead atoms. The Kier molecular flexibility index (Phi) is 6.26. The van der Waals surface area contributed by atoms with Crippen LogP contribution in [0.15, 0.2) is 18.3 Å². The van der Waals surface area contributed by atoms with E-state index in [0.717, 1.165) is 18.7 Å². The molecule has 0 aliphatic heterocycles. The first-order valence-corrected chi connectivity index (χ1v) is 6.80. The van der Waals surface area contributed by atoms with E-state index in [4.69, 9.17) is 0 Å². The summed E-state index contributed by atoms with van der Waals surface area (Å²) in [6, 6.07) is 3.81. The summed E-state index contributed by atoms with van der Waals surface area (Å²) in [4.78, 5) is 5.88. The van der Waals surface area contributed by atoms with E-state index in [1.54, 1.807) is 18.1 Å². The summed E-state index contributed by atoms with van der Waals surface area (Å²) in [5.41, 5.74) is 1.59. The van der Waals surface area contributed by atoms with Crippen molar-refractivity contribution in [1.82, 2.24) is 10.3 Å². The minimum atomic E-state index is -4.12. The highest BCUT2D eigenvalue weighted by Crippen LogP contribution is 2.22. The molecule has 1 heterocycles. The molecular formula is C14H22F3N3. The first-order chi connectivity index (χ1) is 9.33. The van der Waals surface area contributed by atoms with Crippen molar-refractivity contribution in [1.29, 1.82) is 0 Å². The van der Waals surface area contributed by atoms with Crippen molar-refractivity contribution in [3.05, 3.63) is 24.0 Å². The number of pyridine rings is 1. The van der Waals surface area contributed by atoms with Crippen LogP contribution in [0.1, 0.15) is 38.4 Å². The molecule has 1 aromatic rings. The molecule has 0 fully saturated rings. The third-order valence-electron chi connectivity index (χ3n) is 3.09. The van der Waals surface area contributed by atoms with Gasteiger partial charge in [-0.05, 0) is 32.0 Å². The zero-order chi connectivity index (χ0) is 15.2. The summed E-state index contributed by atoms with van der Waals surface area (Å²) in [6.07, 6.45) is -2.28. The Morgan fingerprint density at radius 2 is 2.05 bits per heavy atom. The monoisotopic (exact) mass is 289 g/mol. The third-order valence-corrected chi connectivity index (χ3v) is 3.09. The molecule has 0 aliphatic carbocycles. The van der Waals surface area contributed by atoms with Gasteiger partial charge in [0.15, 0.2) is 0 Å². The Hall–Kier alpha value is -1.30. The molecule has 0 saturated heterocycles. The average molecular weight is 289 g/mol. The number of nitrogens with zero attached hydrogens (tertiary/aromatic N) is 2. The smallest absolute Gasteiger partial charge is 0.373 e. The predicted octanol–water partition coefficient (Wildman–Crippen LogP) is 3.53. The molecular weight excluding hydrogens is 267 g/mol. The van der Waals surface area contributed by atoms with Crippen molar-refractivity contribution in [2.75, 3.05) is 25.0 Å². The number of hydrogen-bond acceptors (Lipinski definition) is 3. The topological polar surface area (TPSA) is 28.2 Å². The molecule has 3 nitrogen and oxygen atoms in total.